The van der Waals surface area contributed by atoms with Crippen molar-refractivity contribution in [3.8, 4) is 11.5 Å². The second kappa shape index (κ2) is 38.7. The molecular formula is C52H34Cl2N14Na8O26S8. The fourth-order valence-corrected chi connectivity index (χ4v) is 15.8. The van der Waals surface area contributed by atoms with Crippen LogP contribution in [-0.2, 0) is 80.9 Å². The summed E-state index contributed by atoms with van der Waals surface area (Å²) in [6.07, 6.45) is 0. The first-order valence-corrected chi connectivity index (χ1v) is 38.9. The summed E-state index contributed by atoms with van der Waals surface area (Å²) in [6.45, 7) is 0. The molecule has 2 heterocycles. The molecule has 0 aliphatic carbocycles. The molecule has 0 aliphatic heterocycles. The molecule has 11 aromatic rings. The summed E-state index contributed by atoms with van der Waals surface area (Å²) < 4.78 is 283. The third-order valence-corrected chi connectivity index (χ3v) is 21.4. The number of phenols is 2. The number of anilines is 8. The van der Waals surface area contributed by atoms with Gasteiger partial charge in [0, 0.05) is 280 Å². The van der Waals surface area contributed by atoms with Crippen molar-refractivity contribution in [3.63, 3.8) is 0 Å². The molecule has 14 N–H and O–H groups in total. The largest absolute Gasteiger partial charge is 0.505 e. The van der Waals surface area contributed by atoms with Crippen molar-refractivity contribution in [2.45, 2.75) is 39.2 Å². The number of azo groups is 2. The first-order valence-electron chi connectivity index (χ1n) is 26.7. The zero-order chi connectivity index (χ0) is 74.5. The number of nitrogens with one attached hydrogen (secondary N) is 4. The Hall–Kier alpha value is -2.10. The summed E-state index contributed by atoms with van der Waals surface area (Å²) in [5.41, 5.74) is -4.92. The zero-order valence-corrected chi connectivity index (χ0v) is 81.1. The number of hydrogen-bond acceptors (Lipinski definition) is 32. The van der Waals surface area contributed by atoms with Crippen molar-refractivity contribution < 1.29 is 114 Å². The van der Waals surface area contributed by atoms with Gasteiger partial charge in [0.25, 0.3) is 80.9 Å². The van der Waals surface area contributed by atoms with E-state index in [9.17, 15) is 114 Å². The molecule has 0 unspecified atom stereocenters. The predicted molar refractivity (Wildman–Crippen MR) is 401 cm³/mol. The Morgan fingerprint density at radius 2 is 0.609 bits per heavy atom. The van der Waals surface area contributed by atoms with Crippen molar-refractivity contribution in [1.82, 2.24) is 29.9 Å². The number of fused-ring (bicyclic) bond motifs is 4. The van der Waals surface area contributed by atoms with E-state index in [4.69, 9.17) is 23.2 Å². The molecule has 0 fully saturated rings. The Balaban J connectivity index is 0.00000392. The van der Waals surface area contributed by atoms with E-state index in [-0.39, 0.29) is 260 Å². The predicted octanol–water partition coefficient (Wildman–Crippen LogP) is 6.12. The van der Waals surface area contributed by atoms with Crippen molar-refractivity contribution in [2.75, 3.05) is 21.3 Å². The van der Waals surface area contributed by atoms with Gasteiger partial charge >= 0.3 is 0 Å². The molecule has 0 atom stereocenters. The SMILES string of the molecule is O=S(=O)(O)c1cc(Nc2nc(Cl)nc(Nc3ccc(Nc4nc(Cl)nc(Nc5cc(S(=O)(=O)O)cc6cc(S(=O)(=O)O)c(N=Nc7ccc8c(S(=O)(=O)O)cccc8c7S(=O)(=O)O)c(O)c56)n4)cc3)n2)c2c(O)c(N=Nc3ccc4c(S(=O)(=O)O)cccc4c3S(=O)(=O)O)c(S(=O)(=O)O)cc2c1.[Na].[Na].[Na].[Na].[Na].[Na].[Na].[Na]. The van der Waals surface area contributed by atoms with Crippen LogP contribution in [0, 0.1) is 0 Å². The first kappa shape index (κ1) is 102. The molecule has 40 nitrogen and oxygen atoms in total. The summed E-state index contributed by atoms with van der Waals surface area (Å²) in [5, 5.41) is 43.5. The maximum atomic E-state index is 12.9. The van der Waals surface area contributed by atoms with Crippen LogP contribution in [0.5, 0.6) is 11.5 Å². The average Bonchev–Trinajstić information content (AvgIpc) is 0.755. The van der Waals surface area contributed by atoms with Crippen molar-refractivity contribution >= 4 is 453 Å². The second-order valence-electron chi connectivity index (χ2n) is 20.6. The van der Waals surface area contributed by atoms with Crippen molar-refractivity contribution in [1.29, 1.82) is 0 Å². The summed E-state index contributed by atoms with van der Waals surface area (Å²) in [4.78, 5) is 15.7. The molecule has 538 valence electrons. The first-order chi connectivity index (χ1) is 47.2. The van der Waals surface area contributed by atoms with E-state index in [1.165, 1.54) is 24.3 Å². The number of hydrogen-bond donors (Lipinski definition) is 14. The number of phenolic OH excluding ortho intramolecular Hbond substituents is 2. The number of benzene rings is 9. The van der Waals surface area contributed by atoms with Gasteiger partial charge in [-0.2, -0.15) is 97.2 Å². The Morgan fingerprint density at radius 3 is 0.891 bits per heavy atom. The van der Waals surface area contributed by atoms with E-state index in [1.54, 1.807) is 0 Å². The van der Waals surface area contributed by atoms with E-state index in [1.807, 2.05) is 0 Å². The molecule has 0 saturated carbocycles. The van der Waals surface area contributed by atoms with Crippen LogP contribution in [0.15, 0.2) is 181 Å². The maximum absolute atomic E-state index is 12.9. The van der Waals surface area contributed by atoms with Crippen LogP contribution in [0.4, 0.5) is 69.3 Å². The molecule has 0 spiro atoms. The van der Waals surface area contributed by atoms with Gasteiger partial charge in [0.2, 0.25) is 34.4 Å². The van der Waals surface area contributed by atoms with Crippen LogP contribution < -0.4 is 21.3 Å². The van der Waals surface area contributed by atoms with E-state index < -0.39 is 231 Å². The minimum absolute atomic E-state index is 0. The van der Waals surface area contributed by atoms with Crippen molar-refractivity contribution in [2.24, 2.45) is 20.5 Å². The Labute approximate surface area is 807 Å². The van der Waals surface area contributed by atoms with E-state index in [0.717, 1.165) is 60.7 Å². The molecule has 2 aromatic heterocycles. The summed E-state index contributed by atoms with van der Waals surface area (Å²) in [7, 11) is -42.4. The van der Waals surface area contributed by atoms with Gasteiger partial charge < -0.3 is 31.5 Å². The van der Waals surface area contributed by atoms with Crippen LogP contribution in [0.2, 0.25) is 10.6 Å². The third-order valence-electron chi connectivity index (χ3n) is 14.0. The molecular weight excluding hydrogens is 1750 g/mol. The van der Waals surface area contributed by atoms with E-state index >= 15 is 0 Å². The smallest absolute Gasteiger partial charge is 0.297 e. The van der Waals surface area contributed by atoms with Gasteiger partial charge in [-0.3, -0.25) is 36.4 Å². The van der Waals surface area contributed by atoms with Gasteiger partial charge in [0.15, 0.2) is 11.5 Å². The molecule has 11 rings (SSSR count). The Kier molecular flexibility index (Phi) is 36.0. The Bertz CT molecular complexity index is 6220. The monoisotopic (exact) mass is 1780 g/mol. The van der Waals surface area contributed by atoms with Gasteiger partial charge in [0.05, 0.1) is 21.2 Å². The molecule has 9 aromatic carbocycles. The number of aromatic hydroxyl groups is 2. The van der Waals surface area contributed by atoms with Crippen molar-refractivity contribution in [3.05, 3.63) is 132 Å². The van der Waals surface area contributed by atoms with Gasteiger partial charge in [-0.1, -0.05) is 36.4 Å². The fourth-order valence-electron chi connectivity index (χ4n) is 10.00. The van der Waals surface area contributed by atoms with Gasteiger partial charge in [-0.25, -0.2) is 0 Å². The number of nitrogens with zero attached hydrogens (tertiary/aromatic N) is 10. The van der Waals surface area contributed by atoms with Gasteiger partial charge in [-0.15, -0.1) is 20.5 Å². The fraction of sp³-hybridized carbons (Fsp3) is 0. The van der Waals surface area contributed by atoms with Crippen LogP contribution >= 0.6 is 23.2 Å². The molecule has 0 amide bonds. The molecule has 0 saturated heterocycles. The summed E-state index contributed by atoms with van der Waals surface area (Å²) >= 11 is 12.6. The van der Waals surface area contributed by atoms with E-state index in [2.05, 4.69) is 71.6 Å². The standard InChI is InChI=1S/C52H34Cl2N14O26S8.8Na/c53-47-59-49(63-51(61-47)57-33-19-25(95(71,72)73)15-21-17-37(99(83,84)85)41(43(69)39(21)33)67-65-31-13-11-27-29(45(31)101(89,90)91)3-1-5-35(27)97(77,78)79)55-23-7-9-24(10-8-23)56-50-60-48(54)62-52(64-50)58-34-20-26(96(74,75)76)16-22-18-38(100(86,87)88)42(44(70)40(22)34)68-66-32-14-12-28-30(46(32)102(92,93)94)4-2-6-36(28)98(80,81)82;;;;;;;;/h1-20,69-70H,(H,71,72,73)(H,74,75,76)(H,77,78,79)(H,80,81,82)(H,83,84,85)(H,86,87,88)(H,89,90,91)(H,92,93,94)(H2,55,57,59,61,63)(H2,56,58,60,62,64);;;;;;;;. The van der Waals surface area contributed by atoms with Crippen LogP contribution in [-0.4, -0.2) is 380 Å². The number of aromatic nitrogens is 6. The molecule has 8 radical (unpaired) electrons. The summed E-state index contributed by atoms with van der Waals surface area (Å²) in [6, 6.07) is 18.4. The average molecular weight is 1780 g/mol. The Morgan fingerprint density at radius 1 is 0.309 bits per heavy atom. The minimum Gasteiger partial charge on any atom is -0.505 e. The molecule has 110 heavy (non-hydrogen) atoms. The molecule has 58 heteroatoms. The second-order valence-corrected chi connectivity index (χ2v) is 32.4. The minimum atomic E-state index is -5.54. The summed E-state index contributed by atoms with van der Waals surface area (Å²) in [5.74, 6) is -4.47. The molecule has 0 bridgehead atoms. The zero-order valence-electron chi connectivity index (χ0n) is 57.0. The van der Waals surface area contributed by atoms with E-state index in [0.29, 0.717) is 36.4 Å². The topological polar surface area (TPSA) is 650 Å². The third kappa shape index (κ3) is 23.2. The number of rotatable bonds is 20. The van der Waals surface area contributed by atoms with Crippen LogP contribution in [0.25, 0.3) is 43.1 Å². The van der Waals surface area contributed by atoms with Gasteiger partial charge in [-0.05, 0) is 119 Å². The number of halogens is 2. The quantitative estimate of drug-likeness (QED) is 0.0232. The van der Waals surface area contributed by atoms with Crippen LogP contribution in [0.3, 0.4) is 0 Å². The van der Waals surface area contributed by atoms with Crippen LogP contribution in [0.1, 0.15) is 0 Å². The molecule has 0 aliphatic rings. The normalized spacial score (nSPS) is 12.1. The maximum Gasteiger partial charge on any atom is 0.297 e. The van der Waals surface area contributed by atoms with Gasteiger partial charge in [0.1, 0.15) is 52.1 Å².